The summed E-state index contributed by atoms with van der Waals surface area (Å²) in [6.45, 7) is 0. The third-order valence-corrected chi connectivity index (χ3v) is 2.70. The number of anilines is 1. The topological polar surface area (TPSA) is 64.1 Å². The summed E-state index contributed by atoms with van der Waals surface area (Å²) in [5.41, 5.74) is 0.902. The Labute approximate surface area is 103 Å². The van der Waals surface area contributed by atoms with Crippen molar-refractivity contribution >= 4 is 22.4 Å². The summed E-state index contributed by atoms with van der Waals surface area (Å²) < 4.78 is 8.76. The number of benzene rings is 1. The van der Waals surface area contributed by atoms with Crippen LogP contribution in [0.15, 0.2) is 30.5 Å². The molecular formula is C11H11N3O2S. The highest BCUT2D eigenvalue weighted by atomic mass is 32.1. The van der Waals surface area contributed by atoms with Gasteiger partial charge in [0.1, 0.15) is 10.8 Å². The number of carbonyl (C=O) groups is 1. The van der Waals surface area contributed by atoms with E-state index in [1.807, 2.05) is 24.3 Å². The van der Waals surface area contributed by atoms with Crippen molar-refractivity contribution in [2.75, 3.05) is 12.4 Å². The molecule has 1 aromatic carbocycles. The number of aromatic nitrogens is 2. The standard InChI is InChI=1S/C11H11N3O2S/c1-16-9-4-2-3-8(5-9)6-10(15)13-11-7-12-14-17-11/h2-5,7H,6H2,1H3,(H,13,15). The molecule has 0 unspecified atom stereocenters. The first-order valence-corrected chi connectivity index (χ1v) is 5.75. The quantitative estimate of drug-likeness (QED) is 0.896. The maximum Gasteiger partial charge on any atom is 0.229 e. The van der Waals surface area contributed by atoms with Gasteiger partial charge in [0.15, 0.2) is 0 Å². The van der Waals surface area contributed by atoms with E-state index >= 15 is 0 Å². The highest BCUT2D eigenvalue weighted by molar-refractivity contribution is 7.10. The average molecular weight is 249 g/mol. The molecule has 0 saturated heterocycles. The predicted molar refractivity (Wildman–Crippen MR) is 65.2 cm³/mol. The second-order valence-corrected chi connectivity index (χ2v) is 4.14. The molecule has 0 aliphatic rings. The third kappa shape index (κ3) is 3.25. The van der Waals surface area contributed by atoms with Crippen LogP contribution < -0.4 is 10.1 Å². The van der Waals surface area contributed by atoms with Crippen LogP contribution in [0.4, 0.5) is 5.00 Å². The Morgan fingerprint density at radius 3 is 3.12 bits per heavy atom. The number of methoxy groups -OCH3 is 1. The lowest BCUT2D eigenvalue weighted by molar-refractivity contribution is -0.115. The van der Waals surface area contributed by atoms with Crippen molar-refractivity contribution in [2.24, 2.45) is 0 Å². The Hall–Kier alpha value is -1.95. The van der Waals surface area contributed by atoms with Gasteiger partial charge in [-0.1, -0.05) is 16.6 Å². The van der Waals surface area contributed by atoms with Crippen LogP contribution in [0.3, 0.4) is 0 Å². The lowest BCUT2D eigenvalue weighted by Crippen LogP contribution is -2.13. The van der Waals surface area contributed by atoms with E-state index in [1.165, 1.54) is 6.20 Å². The highest BCUT2D eigenvalue weighted by Crippen LogP contribution is 2.14. The number of ether oxygens (including phenoxy) is 1. The summed E-state index contributed by atoms with van der Waals surface area (Å²) in [6, 6.07) is 7.42. The zero-order valence-electron chi connectivity index (χ0n) is 9.21. The minimum Gasteiger partial charge on any atom is -0.497 e. The Bertz CT molecular complexity index is 499. The number of rotatable bonds is 4. The second kappa shape index (κ2) is 5.40. The van der Waals surface area contributed by atoms with Crippen LogP contribution in [0.2, 0.25) is 0 Å². The van der Waals surface area contributed by atoms with Crippen LogP contribution in [0, 0.1) is 0 Å². The Morgan fingerprint density at radius 2 is 2.41 bits per heavy atom. The predicted octanol–water partition coefficient (Wildman–Crippen LogP) is 1.73. The van der Waals surface area contributed by atoms with E-state index in [-0.39, 0.29) is 5.91 Å². The van der Waals surface area contributed by atoms with E-state index in [9.17, 15) is 4.79 Å². The first-order valence-electron chi connectivity index (χ1n) is 4.98. The maximum absolute atomic E-state index is 11.7. The van der Waals surface area contributed by atoms with Crippen molar-refractivity contribution in [1.29, 1.82) is 0 Å². The highest BCUT2D eigenvalue weighted by Gasteiger charge is 2.06. The molecule has 1 aromatic heterocycles. The minimum absolute atomic E-state index is 0.0932. The van der Waals surface area contributed by atoms with E-state index in [4.69, 9.17) is 4.74 Å². The zero-order valence-corrected chi connectivity index (χ0v) is 10.0. The van der Waals surface area contributed by atoms with Crippen molar-refractivity contribution < 1.29 is 9.53 Å². The van der Waals surface area contributed by atoms with Gasteiger partial charge in [-0.05, 0) is 17.7 Å². The van der Waals surface area contributed by atoms with Crippen molar-refractivity contribution in [3.8, 4) is 5.75 Å². The molecule has 17 heavy (non-hydrogen) atoms. The van der Waals surface area contributed by atoms with Gasteiger partial charge in [-0.2, -0.15) is 0 Å². The number of nitrogens with one attached hydrogen (secondary N) is 1. The molecule has 0 aliphatic carbocycles. The SMILES string of the molecule is COc1cccc(CC(=O)Nc2cnns2)c1. The van der Waals surface area contributed by atoms with Crippen molar-refractivity contribution in [2.45, 2.75) is 6.42 Å². The first kappa shape index (κ1) is 11.5. The van der Waals surface area contributed by atoms with Crippen LogP contribution in [-0.2, 0) is 11.2 Å². The molecule has 1 heterocycles. The summed E-state index contributed by atoms with van der Waals surface area (Å²) in [7, 11) is 1.60. The molecule has 0 spiro atoms. The number of hydrogen-bond acceptors (Lipinski definition) is 5. The lowest BCUT2D eigenvalue weighted by Gasteiger charge is -2.04. The fourth-order valence-corrected chi connectivity index (χ4v) is 1.81. The Morgan fingerprint density at radius 1 is 1.53 bits per heavy atom. The molecule has 0 aliphatic heterocycles. The zero-order chi connectivity index (χ0) is 12.1. The van der Waals surface area contributed by atoms with Gasteiger partial charge in [-0.3, -0.25) is 4.79 Å². The molecular weight excluding hydrogens is 238 g/mol. The smallest absolute Gasteiger partial charge is 0.229 e. The van der Waals surface area contributed by atoms with E-state index in [0.29, 0.717) is 11.4 Å². The van der Waals surface area contributed by atoms with Crippen LogP contribution in [0.25, 0.3) is 0 Å². The third-order valence-electron chi connectivity index (χ3n) is 2.12. The molecule has 1 N–H and O–H groups in total. The van der Waals surface area contributed by atoms with Crippen LogP contribution in [0.1, 0.15) is 5.56 Å². The maximum atomic E-state index is 11.7. The van der Waals surface area contributed by atoms with Crippen LogP contribution >= 0.6 is 11.5 Å². The van der Waals surface area contributed by atoms with E-state index in [0.717, 1.165) is 22.8 Å². The van der Waals surface area contributed by atoms with Gasteiger partial charge in [-0.25, -0.2) is 0 Å². The fourth-order valence-electron chi connectivity index (χ4n) is 1.37. The summed E-state index contributed by atoms with van der Waals surface area (Å²) in [6.07, 6.45) is 1.82. The van der Waals surface area contributed by atoms with Gasteiger partial charge in [-0.15, -0.1) is 5.10 Å². The van der Waals surface area contributed by atoms with Crippen molar-refractivity contribution in [3.05, 3.63) is 36.0 Å². The van der Waals surface area contributed by atoms with Gasteiger partial charge in [0, 0.05) is 11.5 Å². The molecule has 0 fully saturated rings. The molecule has 0 radical (unpaired) electrons. The van der Waals surface area contributed by atoms with Gasteiger partial charge >= 0.3 is 0 Å². The Kier molecular flexibility index (Phi) is 3.66. The molecule has 0 bridgehead atoms. The van der Waals surface area contributed by atoms with Gasteiger partial charge < -0.3 is 10.1 Å². The molecule has 5 nitrogen and oxygen atoms in total. The molecule has 2 rings (SSSR count). The minimum atomic E-state index is -0.0932. The number of carbonyl (C=O) groups excluding carboxylic acids is 1. The second-order valence-electron chi connectivity index (χ2n) is 3.36. The summed E-state index contributed by atoms with van der Waals surface area (Å²) in [4.78, 5) is 11.7. The summed E-state index contributed by atoms with van der Waals surface area (Å²) >= 11 is 1.15. The van der Waals surface area contributed by atoms with Crippen LogP contribution in [-0.4, -0.2) is 22.6 Å². The normalized spacial score (nSPS) is 9.94. The molecule has 1 amide bonds. The van der Waals surface area contributed by atoms with Gasteiger partial charge in [0.05, 0.1) is 19.7 Å². The molecule has 2 aromatic rings. The van der Waals surface area contributed by atoms with Crippen molar-refractivity contribution in [1.82, 2.24) is 9.59 Å². The Balaban J connectivity index is 1.98. The van der Waals surface area contributed by atoms with Crippen LogP contribution in [0.5, 0.6) is 5.75 Å². The van der Waals surface area contributed by atoms with Gasteiger partial charge in [0.25, 0.3) is 0 Å². The lowest BCUT2D eigenvalue weighted by atomic mass is 10.1. The molecule has 6 heteroatoms. The summed E-state index contributed by atoms with van der Waals surface area (Å²) in [5.74, 6) is 0.652. The summed E-state index contributed by atoms with van der Waals surface area (Å²) in [5, 5.41) is 7.02. The largest absolute Gasteiger partial charge is 0.497 e. The van der Waals surface area contributed by atoms with E-state index < -0.39 is 0 Å². The average Bonchev–Trinajstić information content (AvgIpc) is 2.82. The van der Waals surface area contributed by atoms with E-state index in [2.05, 4.69) is 14.9 Å². The van der Waals surface area contributed by atoms with Crippen molar-refractivity contribution in [3.63, 3.8) is 0 Å². The number of hydrogen-bond donors (Lipinski definition) is 1. The molecule has 0 saturated carbocycles. The number of amides is 1. The monoisotopic (exact) mass is 249 g/mol. The van der Waals surface area contributed by atoms with E-state index in [1.54, 1.807) is 7.11 Å². The number of nitrogens with zero attached hydrogens (tertiary/aromatic N) is 2. The fraction of sp³-hybridized carbons (Fsp3) is 0.182. The molecule has 88 valence electrons. The first-order chi connectivity index (χ1) is 8.28. The molecule has 0 atom stereocenters. The van der Waals surface area contributed by atoms with Gasteiger partial charge in [0.2, 0.25) is 5.91 Å².